The summed E-state index contributed by atoms with van der Waals surface area (Å²) >= 11 is 0. The third kappa shape index (κ3) is 3.26. The second-order valence-electron chi connectivity index (χ2n) is 9.43. The Bertz CT molecular complexity index is 1660. The molecule has 2 N–H and O–H groups in total. The van der Waals surface area contributed by atoms with Gasteiger partial charge in [-0.2, -0.15) is 5.26 Å². The Hall–Kier alpha value is -4.27. The standard InChI is InChI=1S/C28H21F2N5O/c1-3-19-22(29)7-4-15-8-18(36)9-20(25(15)19)27-26(30)24-14(2)23(10-31)34-28(21(24)11-32-27)35-12-16-5-6-17(13-35)33-16/h1,4,7-9,11,16-17,33,36H,5-6,12-13H2,2H3. The van der Waals surface area contributed by atoms with E-state index in [0.29, 0.717) is 47.3 Å². The quantitative estimate of drug-likeness (QED) is 0.409. The van der Waals surface area contributed by atoms with Crippen LogP contribution in [0.3, 0.4) is 0 Å². The van der Waals surface area contributed by atoms with Gasteiger partial charge in [-0.3, -0.25) is 4.98 Å². The van der Waals surface area contributed by atoms with E-state index in [9.17, 15) is 14.8 Å². The molecule has 0 spiro atoms. The van der Waals surface area contributed by atoms with Gasteiger partial charge < -0.3 is 15.3 Å². The first kappa shape index (κ1) is 22.2. The number of pyridine rings is 2. The maximum Gasteiger partial charge on any atom is 0.157 e. The fraction of sp³-hybridized carbons (Fsp3) is 0.250. The van der Waals surface area contributed by atoms with E-state index in [-0.39, 0.29) is 39.0 Å². The second-order valence-corrected chi connectivity index (χ2v) is 9.43. The zero-order valence-electron chi connectivity index (χ0n) is 19.4. The summed E-state index contributed by atoms with van der Waals surface area (Å²) < 4.78 is 31.0. The van der Waals surface area contributed by atoms with E-state index in [1.807, 2.05) is 0 Å². The molecule has 2 aliphatic heterocycles. The molecule has 2 fully saturated rings. The van der Waals surface area contributed by atoms with Gasteiger partial charge in [-0.25, -0.2) is 13.8 Å². The average molecular weight is 482 g/mol. The molecule has 2 aromatic carbocycles. The van der Waals surface area contributed by atoms with Gasteiger partial charge in [0.2, 0.25) is 0 Å². The van der Waals surface area contributed by atoms with E-state index in [2.05, 4.69) is 32.2 Å². The Kier molecular flexibility index (Phi) is 5.03. The predicted molar refractivity (Wildman–Crippen MR) is 134 cm³/mol. The van der Waals surface area contributed by atoms with Gasteiger partial charge in [0.05, 0.1) is 5.56 Å². The lowest BCUT2D eigenvalue weighted by Gasteiger charge is -2.34. The number of nitrogens with one attached hydrogen (secondary N) is 1. The number of rotatable bonds is 2. The zero-order valence-corrected chi connectivity index (χ0v) is 19.4. The Morgan fingerprint density at radius 2 is 1.92 bits per heavy atom. The van der Waals surface area contributed by atoms with Crippen molar-refractivity contribution >= 4 is 27.4 Å². The molecule has 2 unspecified atom stereocenters. The van der Waals surface area contributed by atoms with Crippen LogP contribution >= 0.6 is 0 Å². The molecule has 2 aliphatic rings. The number of hydrogen-bond acceptors (Lipinski definition) is 6. The van der Waals surface area contributed by atoms with Crippen LogP contribution in [0.5, 0.6) is 5.75 Å². The first-order valence-corrected chi connectivity index (χ1v) is 11.7. The van der Waals surface area contributed by atoms with Crippen molar-refractivity contribution in [2.45, 2.75) is 31.8 Å². The summed E-state index contributed by atoms with van der Waals surface area (Å²) in [5.41, 5.74) is 0.576. The number of nitrogens with zero attached hydrogens (tertiary/aromatic N) is 4. The number of phenols is 1. The predicted octanol–water partition coefficient (Wildman–Crippen LogP) is 4.54. The zero-order chi connectivity index (χ0) is 25.1. The van der Waals surface area contributed by atoms with Crippen LogP contribution < -0.4 is 10.2 Å². The largest absolute Gasteiger partial charge is 0.508 e. The molecular formula is C28H21F2N5O. The van der Waals surface area contributed by atoms with Crippen LogP contribution in [0, 0.1) is 42.2 Å². The number of fused-ring (bicyclic) bond motifs is 4. The normalized spacial score (nSPS) is 19.0. The molecule has 4 heterocycles. The van der Waals surface area contributed by atoms with Gasteiger partial charge in [-0.05, 0) is 48.9 Å². The molecule has 4 aromatic rings. The van der Waals surface area contributed by atoms with Crippen LogP contribution in [0.15, 0.2) is 30.5 Å². The minimum atomic E-state index is -0.678. The number of aromatic hydroxyl groups is 1. The SMILES string of the molecule is C#Cc1c(F)ccc2cc(O)cc(-c3ncc4c(N5CC6CCC(C5)N6)nc(C#N)c(C)c4c3F)c12. The van der Waals surface area contributed by atoms with Crippen molar-refractivity contribution in [2.24, 2.45) is 0 Å². The molecule has 2 atom stereocenters. The number of terminal acetylenes is 1. The molecule has 36 heavy (non-hydrogen) atoms. The molecule has 0 saturated carbocycles. The highest BCUT2D eigenvalue weighted by Gasteiger charge is 2.34. The van der Waals surface area contributed by atoms with Crippen molar-refractivity contribution in [1.29, 1.82) is 5.26 Å². The van der Waals surface area contributed by atoms with Gasteiger partial charge in [0.15, 0.2) is 5.82 Å². The van der Waals surface area contributed by atoms with Crippen LogP contribution in [0.4, 0.5) is 14.6 Å². The molecule has 2 bridgehead atoms. The van der Waals surface area contributed by atoms with Crippen molar-refractivity contribution in [2.75, 3.05) is 18.0 Å². The molecule has 6 rings (SSSR count). The highest BCUT2D eigenvalue weighted by atomic mass is 19.1. The first-order chi connectivity index (χ1) is 17.4. The smallest absolute Gasteiger partial charge is 0.157 e. The monoisotopic (exact) mass is 481 g/mol. The van der Waals surface area contributed by atoms with Crippen LogP contribution in [-0.4, -0.2) is 40.2 Å². The van der Waals surface area contributed by atoms with E-state index < -0.39 is 11.6 Å². The third-order valence-corrected chi connectivity index (χ3v) is 7.28. The molecule has 0 radical (unpaired) electrons. The molecule has 0 amide bonds. The summed E-state index contributed by atoms with van der Waals surface area (Å²) in [5.74, 6) is 1.44. The maximum absolute atomic E-state index is 16.4. The van der Waals surface area contributed by atoms with Gasteiger partial charge in [0, 0.05) is 53.1 Å². The topological polar surface area (TPSA) is 85.1 Å². The number of halogens is 2. The minimum absolute atomic E-state index is 0.0371. The molecule has 2 saturated heterocycles. The Morgan fingerprint density at radius 3 is 2.61 bits per heavy atom. The molecule has 6 nitrogen and oxygen atoms in total. The fourth-order valence-electron chi connectivity index (χ4n) is 5.65. The van der Waals surface area contributed by atoms with E-state index in [1.165, 1.54) is 24.3 Å². The maximum atomic E-state index is 16.4. The van der Waals surface area contributed by atoms with Crippen molar-refractivity contribution in [3.8, 4) is 35.4 Å². The Labute approximate surface area is 206 Å². The minimum Gasteiger partial charge on any atom is -0.508 e. The summed E-state index contributed by atoms with van der Waals surface area (Å²) in [6, 6.07) is 8.21. The lowest BCUT2D eigenvalue weighted by Crippen LogP contribution is -2.51. The first-order valence-electron chi connectivity index (χ1n) is 11.7. The Balaban J connectivity index is 1.64. The van der Waals surface area contributed by atoms with E-state index in [0.717, 1.165) is 12.8 Å². The molecular weight excluding hydrogens is 460 g/mol. The lowest BCUT2D eigenvalue weighted by molar-refractivity contribution is 0.464. The van der Waals surface area contributed by atoms with E-state index in [4.69, 9.17) is 6.42 Å². The van der Waals surface area contributed by atoms with Crippen molar-refractivity contribution in [3.05, 3.63) is 58.9 Å². The van der Waals surface area contributed by atoms with Crippen molar-refractivity contribution in [1.82, 2.24) is 15.3 Å². The fourth-order valence-corrected chi connectivity index (χ4v) is 5.65. The van der Waals surface area contributed by atoms with Crippen LogP contribution in [0.25, 0.3) is 32.8 Å². The van der Waals surface area contributed by atoms with Crippen LogP contribution in [-0.2, 0) is 0 Å². The summed E-state index contributed by atoms with van der Waals surface area (Å²) in [6.07, 6.45) is 9.26. The lowest BCUT2D eigenvalue weighted by atomic mass is 9.94. The number of hydrogen-bond donors (Lipinski definition) is 2. The van der Waals surface area contributed by atoms with Gasteiger partial charge in [-0.1, -0.05) is 12.0 Å². The Morgan fingerprint density at radius 1 is 1.17 bits per heavy atom. The number of nitriles is 1. The second kappa shape index (κ2) is 8.15. The number of phenolic OH excluding ortho intramolecular Hbond substituents is 1. The third-order valence-electron chi connectivity index (χ3n) is 7.28. The number of aryl methyl sites for hydroxylation is 1. The summed E-state index contributed by atoms with van der Waals surface area (Å²) in [5, 5.41) is 25.2. The van der Waals surface area contributed by atoms with Crippen molar-refractivity contribution < 1.29 is 13.9 Å². The highest BCUT2D eigenvalue weighted by Crippen LogP contribution is 2.40. The van der Waals surface area contributed by atoms with Gasteiger partial charge >= 0.3 is 0 Å². The van der Waals surface area contributed by atoms with Crippen molar-refractivity contribution in [3.63, 3.8) is 0 Å². The van der Waals surface area contributed by atoms with Crippen LogP contribution in [0.1, 0.15) is 29.7 Å². The number of piperazine rings is 1. The summed E-state index contributed by atoms with van der Waals surface area (Å²) in [7, 11) is 0. The van der Waals surface area contributed by atoms with Gasteiger partial charge in [0.25, 0.3) is 0 Å². The van der Waals surface area contributed by atoms with Gasteiger partial charge in [0.1, 0.15) is 34.8 Å². The average Bonchev–Trinajstić information content (AvgIpc) is 3.21. The number of aromatic nitrogens is 2. The molecule has 8 heteroatoms. The highest BCUT2D eigenvalue weighted by molar-refractivity contribution is 6.04. The van der Waals surface area contributed by atoms with Gasteiger partial charge in [-0.15, -0.1) is 6.42 Å². The van der Waals surface area contributed by atoms with Crippen LogP contribution in [0.2, 0.25) is 0 Å². The number of anilines is 1. The van der Waals surface area contributed by atoms with E-state index >= 15 is 4.39 Å². The summed E-state index contributed by atoms with van der Waals surface area (Å²) in [4.78, 5) is 11.1. The number of benzene rings is 2. The summed E-state index contributed by atoms with van der Waals surface area (Å²) in [6.45, 7) is 3.06. The molecule has 0 aliphatic carbocycles. The van der Waals surface area contributed by atoms with E-state index in [1.54, 1.807) is 13.1 Å². The molecule has 2 aromatic heterocycles. The molecule has 178 valence electrons.